The van der Waals surface area contributed by atoms with E-state index in [0.29, 0.717) is 19.3 Å². The molecule has 0 aromatic carbocycles. The van der Waals surface area contributed by atoms with E-state index in [-0.39, 0.29) is 31.1 Å². The highest BCUT2D eigenvalue weighted by atomic mass is 16.6. The predicted octanol–water partition coefficient (Wildman–Crippen LogP) is 15.0. The normalized spacial score (nSPS) is 12.3. The number of allylic oxidation sites excluding steroid dienone is 6. The highest BCUT2D eigenvalue weighted by Crippen LogP contribution is 2.14. The molecule has 6 nitrogen and oxygen atoms in total. The Morgan fingerprint density at radius 1 is 0.364 bits per heavy atom. The SMILES string of the molecule is CCCC/C=C\C=C/CCCCCC(=O)OC(COC(=O)CCCCCCCCC/C=C\CCCCCC)COC(=O)CCCCCCCCCCCCC. The molecule has 0 aromatic heterocycles. The number of ether oxygens (including phenoxy) is 3. The Hall–Kier alpha value is -2.37. The van der Waals surface area contributed by atoms with Gasteiger partial charge in [-0.15, -0.1) is 0 Å². The third-order valence-electron chi connectivity index (χ3n) is 10.1. The number of rotatable bonds is 42. The number of esters is 3. The number of hydrogen-bond donors (Lipinski definition) is 0. The van der Waals surface area contributed by atoms with Crippen molar-refractivity contribution in [1.29, 1.82) is 0 Å². The Labute approximate surface area is 340 Å². The minimum absolute atomic E-state index is 0.0821. The molecule has 0 heterocycles. The van der Waals surface area contributed by atoms with Crippen molar-refractivity contribution in [2.24, 2.45) is 0 Å². The van der Waals surface area contributed by atoms with Crippen molar-refractivity contribution in [3.05, 3.63) is 36.5 Å². The van der Waals surface area contributed by atoms with E-state index in [0.717, 1.165) is 70.6 Å². The van der Waals surface area contributed by atoms with Crippen LogP contribution in [-0.4, -0.2) is 37.2 Å². The van der Waals surface area contributed by atoms with Crippen molar-refractivity contribution < 1.29 is 28.6 Å². The molecule has 55 heavy (non-hydrogen) atoms. The highest BCUT2D eigenvalue weighted by molar-refractivity contribution is 5.71. The lowest BCUT2D eigenvalue weighted by molar-refractivity contribution is -0.167. The molecule has 0 rings (SSSR count). The molecule has 0 saturated heterocycles. The summed E-state index contributed by atoms with van der Waals surface area (Å²) in [5, 5.41) is 0. The van der Waals surface area contributed by atoms with Crippen LogP contribution < -0.4 is 0 Å². The first-order chi connectivity index (χ1) is 27.0. The van der Waals surface area contributed by atoms with Gasteiger partial charge in [-0.05, 0) is 64.2 Å². The van der Waals surface area contributed by atoms with Crippen LogP contribution >= 0.6 is 0 Å². The average Bonchev–Trinajstić information content (AvgIpc) is 3.18. The minimum Gasteiger partial charge on any atom is -0.462 e. The summed E-state index contributed by atoms with van der Waals surface area (Å²) in [6, 6.07) is 0. The summed E-state index contributed by atoms with van der Waals surface area (Å²) < 4.78 is 16.7. The molecular formula is C49H88O6. The standard InChI is InChI=1S/C49H88O6/c1-4-7-10-13-16-19-22-23-24-25-28-30-33-36-39-42-48(51)54-45-46(55-49(52)43-40-37-34-31-27-21-18-15-12-9-6-3)44-53-47(50)41-38-35-32-29-26-20-17-14-11-8-5-2/h15,18-19,21-22,27,46H,4-14,16-17,20,23-26,28-45H2,1-3H3/b18-15-,22-19-,27-21-. The lowest BCUT2D eigenvalue weighted by Gasteiger charge is -2.18. The Morgan fingerprint density at radius 2 is 0.673 bits per heavy atom. The van der Waals surface area contributed by atoms with Crippen LogP contribution in [0.5, 0.6) is 0 Å². The van der Waals surface area contributed by atoms with Crippen LogP contribution in [0.3, 0.4) is 0 Å². The molecule has 6 heteroatoms. The fourth-order valence-electron chi connectivity index (χ4n) is 6.53. The van der Waals surface area contributed by atoms with Gasteiger partial charge in [-0.3, -0.25) is 14.4 Å². The molecule has 0 aromatic rings. The third kappa shape index (κ3) is 42.6. The monoisotopic (exact) mass is 773 g/mol. The lowest BCUT2D eigenvalue weighted by Crippen LogP contribution is -2.30. The van der Waals surface area contributed by atoms with Gasteiger partial charge in [-0.2, -0.15) is 0 Å². The Balaban J connectivity index is 4.37. The van der Waals surface area contributed by atoms with Gasteiger partial charge in [0.2, 0.25) is 0 Å². The lowest BCUT2D eigenvalue weighted by atomic mass is 10.1. The first-order valence-electron chi connectivity index (χ1n) is 23.5. The van der Waals surface area contributed by atoms with Crippen molar-refractivity contribution in [1.82, 2.24) is 0 Å². The summed E-state index contributed by atoms with van der Waals surface area (Å²) in [5.74, 6) is -0.913. The second-order valence-corrected chi connectivity index (χ2v) is 15.7. The molecule has 0 aliphatic carbocycles. The highest BCUT2D eigenvalue weighted by Gasteiger charge is 2.19. The molecule has 0 bridgehead atoms. The first-order valence-corrected chi connectivity index (χ1v) is 23.5. The van der Waals surface area contributed by atoms with Crippen LogP contribution in [0, 0.1) is 0 Å². The van der Waals surface area contributed by atoms with E-state index < -0.39 is 6.10 Å². The van der Waals surface area contributed by atoms with Crippen LogP contribution in [0.25, 0.3) is 0 Å². The zero-order chi connectivity index (χ0) is 40.1. The van der Waals surface area contributed by atoms with Crippen LogP contribution in [-0.2, 0) is 28.6 Å². The molecule has 1 unspecified atom stereocenters. The number of unbranched alkanes of at least 4 members (excludes halogenated alkanes) is 26. The Kier molecular flexibility index (Phi) is 42.4. The van der Waals surface area contributed by atoms with Crippen molar-refractivity contribution in [3.8, 4) is 0 Å². The van der Waals surface area contributed by atoms with Crippen molar-refractivity contribution >= 4 is 17.9 Å². The van der Waals surface area contributed by atoms with E-state index in [1.54, 1.807) is 0 Å². The van der Waals surface area contributed by atoms with Gasteiger partial charge in [0, 0.05) is 19.3 Å². The molecular weight excluding hydrogens is 685 g/mol. The molecule has 1 atom stereocenters. The average molecular weight is 773 g/mol. The van der Waals surface area contributed by atoms with Gasteiger partial charge in [0.15, 0.2) is 6.10 Å². The van der Waals surface area contributed by atoms with Gasteiger partial charge in [0.05, 0.1) is 0 Å². The van der Waals surface area contributed by atoms with Crippen LogP contribution in [0.1, 0.15) is 239 Å². The van der Waals surface area contributed by atoms with Gasteiger partial charge in [-0.1, -0.05) is 192 Å². The van der Waals surface area contributed by atoms with E-state index in [1.807, 2.05) is 0 Å². The zero-order valence-electron chi connectivity index (χ0n) is 36.4. The summed E-state index contributed by atoms with van der Waals surface area (Å²) in [6.45, 7) is 6.54. The summed E-state index contributed by atoms with van der Waals surface area (Å²) >= 11 is 0. The second-order valence-electron chi connectivity index (χ2n) is 15.7. The molecule has 0 amide bonds. The van der Waals surface area contributed by atoms with Crippen molar-refractivity contribution in [2.75, 3.05) is 13.2 Å². The minimum atomic E-state index is -0.781. The van der Waals surface area contributed by atoms with E-state index in [9.17, 15) is 14.4 Å². The topological polar surface area (TPSA) is 78.9 Å². The van der Waals surface area contributed by atoms with Gasteiger partial charge in [0.1, 0.15) is 13.2 Å². The molecule has 0 aliphatic heterocycles. The molecule has 320 valence electrons. The second kappa shape index (κ2) is 44.3. The van der Waals surface area contributed by atoms with Crippen LogP contribution in [0.4, 0.5) is 0 Å². The summed E-state index contributed by atoms with van der Waals surface area (Å²) in [7, 11) is 0. The smallest absolute Gasteiger partial charge is 0.306 e. The molecule has 0 aliphatic rings. The summed E-state index contributed by atoms with van der Waals surface area (Å²) in [4.78, 5) is 37.7. The predicted molar refractivity (Wildman–Crippen MR) is 233 cm³/mol. The molecule has 0 saturated carbocycles. The van der Waals surface area contributed by atoms with E-state index in [1.165, 1.54) is 128 Å². The maximum atomic E-state index is 12.7. The van der Waals surface area contributed by atoms with E-state index >= 15 is 0 Å². The summed E-state index contributed by atoms with van der Waals surface area (Å²) in [6.07, 6.45) is 49.8. The molecule has 0 N–H and O–H groups in total. The van der Waals surface area contributed by atoms with E-state index in [4.69, 9.17) is 14.2 Å². The van der Waals surface area contributed by atoms with Crippen LogP contribution in [0.15, 0.2) is 36.5 Å². The third-order valence-corrected chi connectivity index (χ3v) is 10.1. The molecule has 0 radical (unpaired) electrons. The van der Waals surface area contributed by atoms with Gasteiger partial charge in [-0.25, -0.2) is 0 Å². The van der Waals surface area contributed by atoms with Gasteiger partial charge < -0.3 is 14.2 Å². The number of hydrogen-bond acceptors (Lipinski definition) is 6. The zero-order valence-corrected chi connectivity index (χ0v) is 36.4. The number of carbonyl (C=O) groups is 3. The van der Waals surface area contributed by atoms with Gasteiger partial charge >= 0.3 is 17.9 Å². The Bertz CT molecular complexity index is 938. The maximum absolute atomic E-state index is 12.7. The quantitative estimate of drug-likeness (QED) is 0.0202. The molecule has 0 fully saturated rings. The van der Waals surface area contributed by atoms with E-state index in [2.05, 4.69) is 57.2 Å². The Morgan fingerprint density at radius 3 is 1.11 bits per heavy atom. The fourth-order valence-corrected chi connectivity index (χ4v) is 6.53. The van der Waals surface area contributed by atoms with Crippen LogP contribution in [0.2, 0.25) is 0 Å². The molecule has 0 spiro atoms. The van der Waals surface area contributed by atoms with Gasteiger partial charge in [0.25, 0.3) is 0 Å². The summed E-state index contributed by atoms with van der Waals surface area (Å²) in [5.41, 5.74) is 0. The van der Waals surface area contributed by atoms with Crippen molar-refractivity contribution in [3.63, 3.8) is 0 Å². The first kappa shape index (κ1) is 52.6. The largest absolute Gasteiger partial charge is 0.462 e. The number of carbonyl (C=O) groups excluding carboxylic acids is 3. The maximum Gasteiger partial charge on any atom is 0.306 e. The fraction of sp³-hybridized carbons (Fsp3) is 0.816. The van der Waals surface area contributed by atoms with Crippen molar-refractivity contribution in [2.45, 2.75) is 245 Å².